The molecule has 4 rings (SSSR count). The molecular formula is C23H24ClFN2O2. The lowest BCUT2D eigenvalue weighted by atomic mass is 9.84. The van der Waals surface area contributed by atoms with Crippen molar-refractivity contribution >= 4 is 29.1 Å². The summed E-state index contributed by atoms with van der Waals surface area (Å²) >= 11 is 6.09. The summed E-state index contributed by atoms with van der Waals surface area (Å²) in [6.45, 7) is 1.82. The van der Waals surface area contributed by atoms with Gasteiger partial charge in [-0.05, 0) is 68.0 Å². The maximum Gasteiger partial charge on any atom is 0.254 e. The van der Waals surface area contributed by atoms with Gasteiger partial charge in [0.15, 0.2) is 0 Å². The third kappa shape index (κ3) is 4.01. The molecule has 6 heteroatoms. The Morgan fingerprint density at radius 3 is 2.72 bits per heavy atom. The number of hydrogen-bond donors (Lipinski definition) is 1. The Morgan fingerprint density at radius 1 is 1.14 bits per heavy atom. The fourth-order valence-electron chi connectivity index (χ4n) is 4.70. The molecule has 4 nitrogen and oxygen atoms in total. The number of aryl methyl sites for hydroxylation is 1. The zero-order chi connectivity index (χ0) is 20.5. The lowest BCUT2D eigenvalue weighted by Gasteiger charge is -2.33. The lowest BCUT2D eigenvalue weighted by Crippen LogP contribution is -2.47. The number of rotatable bonds is 3. The molecule has 1 saturated heterocycles. The molecule has 1 aliphatic heterocycles. The van der Waals surface area contributed by atoms with Crippen molar-refractivity contribution in [1.82, 2.24) is 4.90 Å². The fourth-order valence-corrected chi connectivity index (χ4v) is 4.89. The molecule has 0 spiro atoms. The first-order valence-corrected chi connectivity index (χ1v) is 10.5. The van der Waals surface area contributed by atoms with Gasteiger partial charge in [0.05, 0.1) is 0 Å². The van der Waals surface area contributed by atoms with Crippen LogP contribution in [0.15, 0.2) is 42.5 Å². The molecule has 2 aromatic rings. The van der Waals surface area contributed by atoms with Gasteiger partial charge in [0.2, 0.25) is 5.91 Å². The zero-order valence-corrected chi connectivity index (χ0v) is 17.1. The number of anilines is 1. The van der Waals surface area contributed by atoms with Gasteiger partial charge in [-0.3, -0.25) is 9.59 Å². The van der Waals surface area contributed by atoms with Crippen LogP contribution in [0.1, 0.15) is 48.0 Å². The van der Waals surface area contributed by atoms with Gasteiger partial charge in [-0.15, -0.1) is 0 Å². The normalized spacial score (nSPS) is 23.6. The minimum Gasteiger partial charge on any atom is -0.324 e. The Hall–Kier alpha value is -2.40. The van der Waals surface area contributed by atoms with Gasteiger partial charge in [0.1, 0.15) is 11.9 Å². The molecule has 1 heterocycles. The van der Waals surface area contributed by atoms with Crippen LogP contribution < -0.4 is 5.32 Å². The largest absolute Gasteiger partial charge is 0.324 e. The number of nitrogens with zero attached hydrogens (tertiary/aromatic N) is 1. The third-order valence-corrected chi connectivity index (χ3v) is 6.39. The van der Waals surface area contributed by atoms with Crippen LogP contribution in [-0.4, -0.2) is 28.8 Å². The molecule has 2 amide bonds. The van der Waals surface area contributed by atoms with Crippen LogP contribution in [0.5, 0.6) is 0 Å². The molecule has 0 radical (unpaired) electrons. The van der Waals surface area contributed by atoms with Gasteiger partial charge < -0.3 is 10.2 Å². The van der Waals surface area contributed by atoms with Crippen LogP contribution in [0.25, 0.3) is 0 Å². The topological polar surface area (TPSA) is 49.4 Å². The van der Waals surface area contributed by atoms with E-state index in [-0.39, 0.29) is 17.9 Å². The van der Waals surface area contributed by atoms with E-state index in [9.17, 15) is 14.0 Å². The molecule has 2 aliphatic rings. The average Bonchev–Trinajstić information content (AvgIpc) is 3.10. The van der Waals surface area contributed by atoms with Crippen molar-refractivity contribution in [2.24, 2.45) is 5.92 Å². The summed E-state index contributed by atoms with van der Waals surface area (Å²) in [5, 5.41) is 3.34. The predicted molar refractivity (Wildman–Crippen MR) is 112 cm³/mol. The van der Waals surface area contributed by atoms with E-state index in [1.807, 2.05) is 6.92 Å². The second kappa shape index (κ2) is 8.15. The summed E-state index contributed by atoms with van der Waals surface area (Å²) in [5.41, 5.74) is 1.71. The Kier molecular flexibility index (Phi) is 5.59. The van der Waals surface area contributed by atoms with E-state index < -0.39 is 11.9 Å². The first-order chi connectivity index (χ1) is 13.9. The Bertz CT molecular complexity index is 948. The smallest absolute Gasteiger partial charge is 0.254 e. The van der Waals surface area contributed by atoms with Gasteiger partial charge in [0, 0.05) is 22.3 Å². The molecule has 0 bridgehead atoms. The molecule has 0 aromatic heterocycles. The van der Waals surface area contributed by atoms with Crippen LogP contribution in [0.3, 0.4) is 0 Å². The van der Waals surface area contributed by atoms with Crippen LogP contribution in [0, 0.1) is 18.7 Å². The SMILES string of the molecule is Cc1ccc(F)cc1NC(=O)C1CC2CCCCC2N1C(=O)c1cccc(Cl)c1. The van der Waals surface area contributed by atoms with Crippen molar-refractivity contribution in [3.8, 4) is 0 Å². The summed E-state index contributed by atoms with van der Waals surface area (Å²) < 4.78 is 13.7. The highest BCUT2D eigenvalue weighted by Gasteiger charge is 2.47. The molecule has 2 fully saturated rings. The van der Waals surface area contributed by atoms with Crippen LogP contribution in [-0.2, 0) is 4.79 Å². The maximum atomic E-state index is 13.7. The number of amides is 2. The van der Waals surface area contributed by atoms with Crippen LogP contribution in [0.2, 0.25) is 5.02 Å². The number of benzene rings is 2. The molecule has 1 aliphatic carbocycles. The molecule has 3 unspecified atom stereocenters. The molecule has 29 heavy (non-hydrogen) atoms. The number of nitrogens with one attached hydrogen (secondary N) is 1. The van der Waals surface area contributed by atoms with Crippen LogP contribution in [0.4, 0.5) is 10.1 Å². The van der Waals surface area contributed by atoms with E-state index >= 15 is 0 Å². The summed E-state index contributed by atoms with van der Waals surface area (Å²) in [4.78, 5) is 28.3. The highest BCUT2D eigenvalue weighted by molar-refractivity contribution is 6.31. The number of carbonyl (C=O) groups is 2. The highest BCUT2D eigenvalue weighted by Crippen LogP contribution is 2.41. The molecule has 1 saturated carbocycles. The molecule has 3 atom stereocenters. The molecule has 1 N–H and O–H groups in total. The minimum atomic E-state index is -0.572. The lowest BCUT2D eigenvalue weighted by molar-refractivity contribution is -0.120. The summed E-state index contributed by atoms with van der Waals surface area (Å²) in [6.07, 6.45) is 4.74. The van der Waals surface area contributed by atoms with E-state index in [2.05, 4.69) is 5.32 Å². The average molecular weight is 415 g/mol. The van der Waals surface area contributed by atoms with Gasteiger partial charge in [-0.25, -0.2) is 4.39 Å². The number of likely N-dealkylation sites (tertiary alicyclic amines) is 1. The second-order valence-electron chi connectivity index (χ2n) is 8.03. The summed E-state index contributed by atoms with van der Waals surface area (Å²) in [5.74, 6) is -0.518. The number of hydrogen-bond acceptors (Lipinski definition) is 2. The van der Waals surface area contributed by atoms with Crippen LogP contribution >= 0.6 is 11.6 Å². The van der Waals surface area contributed by atoms with E-state index in [0.29, 0.717) is 28.6 Å². The first-order valence-electron chi connectivity index (χ1n) is 10.1. The molecule has 152 valence electrons. The Balaban J connectivity index is 1.63. The number of fused-ring (bicyclic) bond motifs is 1. The fraction of sp³-hybridized carbons (Fsp3) is 0.391. The van der Waals surface area contributed by atoms with Gasteiger partial charge in [-0.1, -0.05) is 36.6 Å². The zero-order valence-electron chi connectivity index (χ0n) is 16.3. The molecule has 2 aromatic carbocycles. The number of carbonyl (C=O) groups excluding carboxylic acids is 2. The van der Waals surface area contributed by atoms with E-state index in [4.69, 9.17) is 11.6 Å². The summed E-state index contributed by atoms with van der Waals surface area (Å²) in [7, 11) is 0. The standard InChI is InChI=1S/C23H24ClFN2O2/c1-14-9-10-18(25)13-19(14)26-22(28)21-12-15-5-2-3-8-20(15)27(21)23(29)16-6-4-7-17(24)11-16/h4,6-7,9-11,13,15,20-21H,2-3,5,8,12H2,1H3,(H,26,28). The van der Waals surface area contributed by atoms with E-state index in [0.717, 1.165) is 31.2 Å². The van der Waals surface area contributed by atoms with Crippen molar-refractivity contribution in [2.75, 3.05) is 5.32 Å². The van der Waals surface area contributed by atoms with Gasteiger partial charge in [-0.2, -0.15) is 0 Å². The predicted octanol–water partition coefficient (Wildman–Crippen LogP) is 5.20. The number of halogens is 2. The minimum absolute atomic E-state index is 0.0552. The maximum absolute atomic E-state index is 13.7. The third-order valence-electron chi connectivity index (χ3n) is 6.15. The van der Waals surface area contributed by atoms with Gasteiger partial charge >= 0.3 is 0 Å². The van der Waals surface area contributed by atoms with E-state index in [1.54, 1.807) is 35.2 Å². The van der Waals surface area contributed by atoms with Crippen molar-refractivity contribution < 1.29 is 14.0 Å². The van der Waals surface area contributed by atoms with Crippen molar-refractivity contribution in [3.63, 3.8) is 0 Å². The summed E-state index contributed by atoms with van der Waals surface area (Å²) in [6, 6.07) is 10.6. The van der Waals surface area contributed by atoms with Gasteiger partial charge in [0.25, 0.3) is 5.91 Å². The quantitative estimate of drug-likeness (QED) is 0.750. The van der Waals surface area contributed by atoms with Crippen molar-refractivity contribution in [3.05, 3.63) is 64.4 Å². The molecular weight excluding hydrogens is 391 g/mol. The second-order valence-corrected chi connectivity index (χ2v) is 8.47. The highest BCUT2D eigenvalue weighted by atomic mass is 35.5. The van der Waals surface area contributed by atoms with Crippen molar-refractivity contribution in [2.45, 2.75) is 51.1 Å². The first kappa shape index (κ1) is 19.9. The van der Waals surface area contributed by atoms with E-state index in [1.165, 1.54) is 12.1 Å². The Labute approximate surface area is 175 Å². The van der Waals surface area contributed by atoms with Crippen molar-refractivity contribution in [1.29, 1.82) is 0 Å². The Morgan fingerprint density at radius 2 is 1.93 bits per heavy atom. The monoisotopic (exact) mass is 414 g/mol.